The molecule has 0 saturated heterocycles. The summed E-state index contributed by atoms with van der Waals surface area (Å²) in [5.41, 5.74) is 0.657. The minimum absolute atomic E-state index is 0.0132. The predicted octanol–water partition coefficient (Wildman–Crippen LogP) is 5.74. The Morgan fingerprint density at radius 3 is 1.73 bits per heavy atom. The molecule has 0 radical (unpaired) electrons. The van der Waals surface area contributed by atoms with Crippen LogP contribution >= 0.6 is 7.60 Å². The van der Waals surface area contributed by atoms with Crippen LogP contribution < -0.4 is 8.85 Å². The number of ketones is 1. The van der Waals surface area contributed by atoms with Gasteiger partial charge in [0.15, 0.2) is 0 Å². The second kappa shape index (κ2) is 8.90. The van der Waals surface area contributed by atoms with Crippen LogP contribution in [0, 0.1) is 0 Å². The molecule has 0 aliphatic rings. The van der Waals surface area contributed by atoms with E-state index in [0.717, 1.165) is 0 Å². The second-order valence-electron chi connectivity index (χ2n) is 11.0. The van der Waals surface area contributed by atoms with Crippen molar-refractivity contribution < 1.29 is 28.0 Å². The Morgan fingerprint density at radius 1 is 0.900 bits per heavy atom. The molecule has 0 fully saturated rings. The lowest BCUT2D eigenvalue weighted by atomic mass is 10.1. The lowest BCUT2D eigenvalue weighted by Crippen LogP contribution is -2.45. The largest absolute Gasteiger partial charge is 0.541 e. The first kappa shape index (κ1) is 27.1. The summed E-state index contributed by atoms with van der Waals surface area (Å²) in [6, 6.07) is 5.39. The van der Waals surface area contributed by atoms with Crippen LogP contribution in [-0.2, 0) is 15.8 Å². The van der Waals surface area contributed by atoms with Gasteiger partial charge in [-0.2, -0.15) is 0 Å². The summed E-state index contributed by atoms with van der Waals surface area (Å²) in [5.74, 6) is 0.769. The Balaban J connectivity index is 3.34. The number of carbonyl (C=O) groups is 1. The van der Waals surface area contributed by atoms with Crippen molar-refractivity contribution in [3.8, 4) is 11.5 Å². The zero-order valence-corrected chi connectivity index (χ0v) is 23.0. The van der Waals surface area contributed by atoms with Crippen LogP contribution in [0.4, 0.5) is 0 Å². The summed E-state index contributed by atoms with van der Waals surface area (Å²) >= 11 is 0. The van der Waals surface area contributed by atoms with E-state index in [1.54, 1.807) is 12.1 Å². The third-order valence-electron chi connectivity index (χ3n) is 6.13. The van der Waals surface area contributed by atoms with E-state index in [2.05, 4.69) is 67.7 Å². The highest BCUT2D eigenvalue weighted by Gasteiger charge is 2.42. The van der Waals surface area contributed by atoms with Crippen LogP contribution in [0.15, 0.2) is 18.2 Å². The zero-order chi connectivity index (χ0) is 23.8. The number of rotatable bonds is 8. The van der Waals surface area contributed by atoms with Gasteiger partial charge < -0.3 is 18.6 Å². The fraction of sp³-hybridized carbons (Fsp3) is 0.667. The molecule has 0 amide bonds. The summed E-state index contributed by atoms with van der Waals surface area (Å²) in [6.45, 7) is 21.6. The summed E-state index contributed by atoms with van der Waals surface area (Å²) in [7, 11) is -8.66. The van der Waals surface area contributed by atoms with Gasteiger partial charge >= 0.3 is 7.60 Å². The predicted molar refractivity (Wildman–Crippen MR) is 128 cm³/mol. The van der Waals surface area contributed by atoms with Gasteiger partial charge in [-0.1, -0.05) is 47.6 Å². The molecular formula is C21H39O6PSi2. The fourth-order valence-electron chi connectivity index (χ4n) is 2.20. The van der Waals surface area contributed by atoms with Gasteiger partial charge in [-0.3, -0.25) is 9.36 Å². The van der Waals surface area contributed by atoms with Crippen LogP contribution in [-0.4, -0.2) is 38.4 Å². The molecule has 0 heterocycles. The smallest absolute Gasteiger partial charge is 0.332 e. The maximum atomic E-state index is 12.1. The minimum Gasteiger partial charge on any atom is -0.541 e. The molecule has 172 valence electrons. The molecular weight excluding hydrogens is 435 g/mol. The van der Waals surface area contributed by atoms with Gasteiger partial charge in [0.25, 0.3) is 16.6 Å². The second-order valence-corrected chi connectivity index (χ2v) is 22.1. The first-order valence-corrected chi connectivity index (χ1v) is 17.8. The molecule has 1 aromatic carbocycles. The average Bonchev–Trinajstić information content (AvgIpc) is 2.45. The van der Waals surface area contributed by atoms with Crippen LogP contribution in [0.2, 0.25) is 36.3 Å². The van der Waals surface area contributed by atoms with Crippen molar-refractivity contribution in [2.24, 2.45) is 0 Å². The van der Waals surface area contributed by atoms with Crippen molar-refractivity contribution in [3.05, 3.63) is 23.8 Å². The van der Waals surface area contributed by atoms with Crippen LogP contribution in [0.5, 0.6) is 11.5 Å². The third kappa shape index (κ3) is 7.64. The van der Waals surface area contributed by atoms with Crippen molar-refractivity contribution in [2.45, 2.75) is 84.2 Å². The quantitative estimate of drug-likeness (QED) is 0.368. The maximum absolute atomic E-state index is 12.1. The Bertz CT molecular complexity index is 816. The van der Waals surface area contributed by atoms with Crippen molar-refractivity contribution in [1.29, 1.82) is 0 Å². The van der Waals surface area contributed by atoms with E-state index in [-0.39, 0.29) is 16.5 Å². The fourth-order valence-corrected chi connectivity index (χ4v) is 4.81. The molecule has 6 nitrogen and oxygen atoms in total. The molecule has 1 rings (SSSR count). The number of hydrogen-bond donors (Lipinski definition) is 2. The van der Waals surface area contributed by atoms with Crippen molar-refractivity contribution in [2.75, 3.05) is 6.16 Å². The molecule has 0 atom stereocenters. The summed E-state index contributed by atoms with van der Waals surface area (Å²) in [5, 5.41) is -0.00717. The molecule has 0 bridgehead atoms. The highest BCUT2D eigenvalue weighted by molar-refractivity contribution is 7.52. The van der Waals surface area contributed by atoms with Gasteiger partial charge in [0, 0.05) is 6.42 Å². The average molecular weight is 475 g/mol. The molecule has 9 heteroatoms. The van der Waals surface area contributed by atoms with Gasteiger partial charge in [0.1, 0.15) is 23.4 Å². The Labute approximate surface area is 183 Å². The first-order chi connectivity index (χ1) is 13.1. The summed E-state index contributed by atoms with van der Waals surface area (Å²) < 4.78 is 24.2. The van der Waals surface area contributed by atoms with Gasteiger partial charge in [-0.15, -0.1) is 0 Å². The van der Waals surface area contributed by atoms with Crippen LogP contribution in [0.1, 0.15) is 47.1 Å². The van der Waals surface area contributed by atoms with Crippen molar-refractivity contribution in [1.82, 2.24) is 0 Å². The molecule has 30 heavy (non-hydrogen) atoms. The van der Waals surface area contributed by atoms with Crippen LogP contribution in [0.25, 0.3) is 0 Å². The normalized spacial score (nSPS) is 13.9. The number of hydrogen-bond acceptors (Lipinski definition) is 4. The molecule has 0 unspecified atom stereocenters. The highest BCUT2D eigenvalue weighted by Crippen LogP contribution is 2.44. The topological polar surface area (TPSA) is 93.1 Å². The summed E-state index contributed by atoms with van der Waals surface area (Å²) in [4.78, 5) is 30.2. The monoisotopic (exact) mass is 474 g/mol. The molecule has 0 aliphatic heterocycles. The van der Waals surface area contributed by atoms with E-state index in [9.17, 15) is 9.36 Å². The Hall–Kier alpha value is -0.926. The SMILES string of the molecule is CC(C)(C)[Si](C)(C)Oc1ccc(CC(=O)CP(=O)(O)O)cc1O[Si](C)(C)C(C)(C)C. The first-order valence-electron chi connectivity index (χ1n) is 10.2. The van der Waals surface area contributed by atoms with Gasteiger partial charge in [-0.25, -0.2) is 0 Å². The van der Waals surface area contributed by atoms with E-state index < -0.39 is 36.2 Å². The van der Waals surface area contributed by atoms with Crippen LogP contribution in [0.3, 0.4) is 0 Å². The highest BCUT2D eigenvalue weighted by atomic mass is 31.2. The van der Waals surface area contributed by atoms with E-state index in [1.807, 2.05) is 6.07 Å². The minimum atomic E-state index is -4.38. The van der Waals surface area contributed by atoms with E-state index in [0.29, 0.717) is 17.1 Å². The van der Waals surface area contributed by atoms with Gasteiger partial charge in [-0.05, 0) is 54.0 Å². The number of Topliss-reactive ketones (excluding diaryl/α,β-unsaturated/α-hetero) is 1. The standard InChI is InChI=1S/C21H39O6PSi2/c1-20(2,3)29(7,8)26-18-12-11-16(13-17(22)15-28(23,24)25)14-19(18)27-30(9,10)21(4,5)6/h11-12,14H,13,15H2,1-10H3,(H2,23,24,25). The number of benzene rings is 1. The molecule has 0 aromatic heterocycles. The zero-order valence-electron chi connectivity index (χ0n) is 20.1. The molecule has 0 spiro atoms. The molecule has 0 saturated carbocycles. The van der Waals surface area contributed by atoms with Crippen molar-refractivity contribution in [3.63, 3.8) is 0 Å². The summed E-state index contributed by atoms with van der Waals surface area (Å²) in [6.07, 6.45) is -0.813. The third-order valence-corrected chi connectivity index (χ3v) is 15.6. The molecule has 2 N–H and O–H groups in total. The van der Waals surface area contributed by atoms with E-state index in [1.165, 1.54) is 0 Å². The van der Waals surface area contributed by atoms with Gasteiger partial charge in [0.2, 0.25) is 0 Å². The Kier molecular flexibility index (Phi) is 8.05. The Morgan fingerprint density at radius 2 is 1.33 bits per heavy atom. The van der Waals surface area contributed by atoms with Gasteiger partial charge in [0.05, 0.1) is 0 Å². The number of carbonyl (C=O) groups excluding carboxylic acids is 1. The van der Waals surface area contributed by atoms with Crippen molar-refractivity contribution >= 4 is 30.0 Å². The lowest BCUT2D eigenvalue weighted by molar-refractivity contribution is -0.116. The maximum Gasteiger partial charge on any atom is 0.332 e. The lowest BCUT2D eigenvalue weighted by Gasteiger charge is -2.39. The van der Waals surface area contributed by atoms with E-state index in [4.69, 9.17) is 18.6 Å². The molecule has 0 aliphatic carbocycles. The van der Waals surface area contributed by atoms with E-state index >= 15 is 0 Å². The molecule has 1 aromatic rings.